The van der Waals surface area contributed by atoms with Crippen molar-refractivity contribution in [3.05, 3.63) is 54.0 Å². The zero-order chi connectivity index (χ0) is 26.6. The molecular formula is C26H32FN5O4S. The SMILES string of the molecule is CCC1CCN(c2nc(-c3cc(F)cc(OCC(C)C)c3)ccc2C(=O)NS(=O)(=O)c2ccn[nH]2)CC1. The molecule has 0 unspecified atom stereocenters. The number of nitrogens with one attached hydrogen (secondary N) is 2. The molecule has 1 saturated heterocycles. The van der Waals surface area contributed by atoms with Crippen molar-refractivity contribution in [2.45, 2.75) is 45.1 Å². The fraction of sp³-hybridized carbons (Fsp3) is 0.423. The van der Waals surface area contributed by atoms with Crippen molar-refractivity contribution in [2.75, 3.05) is 24.6 Å². The number of ether oxygens (including phenoxy) is 1. The molecule has 1 aliphatic heterocycles. The molecule has 2 aromatic heterocycles. The van der Waals surface area contributed by atoms with Gasteiger partial charge < -0.3 is 9.64 Å². The molecule has 3 heterocycles. The molecule has 9 nitrogen and oxygen atoms in total. The van der Waals surface area contributed by atoms with Crippen LogP contribution in [0.4, 0.5) is 10.2 Å². The average Bonchev–Trinajstić information content (AvgIpc) is 3.43. The molecule has 1 amide bonds. The highest BCUT2D eigenvalue weighted by molar-refractivity contribution is 7.90. The fourth-order valence-corrected chi connectivity index (χ4v) is 5.14. The smallest absolute Gasteiger partial charge is 0.281 e. The Labute approximate surface area is 216 Å². The molecule has 0 radical (unpaired) electrons. The van der Waals surface area contributed by atoms with Crippen LogP contribution in [-0.4, -0.2) is 49.2 Å². The molecule has 0 aliphatic carbocycles. The molecule has 0 saturated carbocycles. The Bertz CT molecular complexity index is 1340. The van der Waals surface area contributed by atoms with Crippen LogP contribution >= 0.6 is 0 Å². The van der Waals surface area contributed by atoms with Gasteiger partial charge in [0, 0.05) is 24.7 Å². The largest absolute Gasteiger partial charge is 0.493 e. The van der Waals surface area contributed by atoms with Crippen molar-refractivity contribution in [3.63, 3.8) is 0 Å². The summed E-state index contributed by atoms with van der Waals surface area (Å²) >= 11 is 0. The number of pyridine rings is 1. The Hall–Kier alpha value is -3.47. The number of halogens is 1. The van der Waals surface area contributed by atoms with Gasteiger partial charge in [0.1, 0.15) is 17.4 Å². The average molecular weight is 530 g/mol. The first kappa shape index (κ1) is 26.6. The summed E-state index contributed by atoms with van der Waals surface area (Å²) in [5, 5.41) is 5.78. The van der Waals surface area contributed by atoms with Crippen LogP contribution in [0.3, 0.4) is 0 Å². The van der Waals surface area contributed by atoms with Gasteiger partial charge in [-0.25, -0.2) is 14.1 Å². The van der Waals surface area contributed by atoms with Crippen LogP contribution in [0.1, 0.15) is 50.4 Å². The monoisotopic (exact) mass is 529 g/mol. The Morgan fingerprint density at radius 3 is 2.62 bits per heavy atom. The standard InChI is InChI=1S/C26H32FN5O4S/c1-4-18-8-11-32(12-9-18)25-22(26(33)31-37(34,35)24-7-10-28-30-24)5-6-23(29-25)19-13-20(27)15-21(14-19)36-16-17(2)3/h5-7,10,13-15,17-18H,4,8-9,11-12,16H2,1-3H3,(H,28,30)(H,31,33). The van der Waals surface area contributed by atoms with Crippen LogP contribution in [0.5, 0.6) is 5.75 Å². The number of rotatable bonds is 9. The summed E-state index contributed by atoms with van der Waals surface area (Å²) in [5.74, 6) is 0.346. The summed E-state index contributed by atoms with van der Waals surface area (Å²) in [6.07, 6.45) is 4.22. The minimum Gasteiger partial charge on any atom is -0.493 e. The predicted octanol–water partition coefficient (Wildman–Crippen LogP) is 4.39. The van der Waals surface area contributed by atoms with Gasteiger partial charge in [-0.15, -0.1) is 0 Å². The third kappa shape index (κ3) is 6.46. The number of hydrogen-bond donors (Lipinski definition) is 2. The number of amides is 1. The van der Waals surface area contributed by atoms with Gasteiger partial charge in [0.05, 0.1) is 24.1 Å². The van der Waals surface area contributed by atoms with E-state index < -0.39 is 21.7 Å². The lowest BCUT2D eigenvalue weighted by molar-refractivity contribution is 0.0981. The van der Waals surface area contributed by atoms with Crippen LogP contribution in [0, 0.1) is 17.7 Å². The number of hydrogen-bond acceptors (Lipinski definition) is 7. The summed E-state index contributed by atoms with van der Waals surface area (Å²) in [7, 11) is -4.14. The second-order valence-corrected chi connectivity index (χ2v) is 11.3. The number of H-pyrrole nitrogens is 1. The number of anilines is 1. The first-order chi connectivity index (χ1) is 17.7. The molecule has 1 aliphatic rings. The van der Waals surface area contributed by atoms with Gasteiger partial charge in [0.2, 0.25) is 0 Å². The summed E-state index contributed by atoms with van der Waals surface area (Å²) in [6.45, 7) is 7.96. The second-order valence-electron chi connectivity index (χ2n) is 9.64. The number of carbonyl (C=O) groups is 1. The Kier molecular flexibility index (Phi) is 8.11. The van der Waals surface area contributed by atoms with E-state index >= 15 is 0 Å². The number of sulfonamides is 1. The van der Waals surface area contributed by atoms with Crippen LogP contribution in [0.15, 0.2) is 47.6 Å². The van der Waals surface area contributed by atoms with Crippen molar-refractivity contribution in [1.82, 2.24) is 19.9 Å². The zero-order valence-electron chi connectivity index (χ0n) is 21.2. The first-order valence-electron chi connectivity index (χ1n) is 12.4. The van der Waals surface area contributed by atoms with E-state index in [0.29, 0.717) is 48.4 Å². The van der Waals surface area contributed by atoms with Gasteiger partial charge in [0.25, 0.3) is 15.9 Å². The maximum absolute atomic E-state index is 14.4. The lowest BCUT2D eigenvalue weighted by Gasteiger charge is -2.33. The Morgan fingerprint density at radius 1 is 1.22 bits per heavy atom. The van der Waals surface area contributed by atoms with E-state index in [9.17, 15) is 17.6 Å². The summed E-state index contributed by atoms with van der Waals surface area (Å²) in [5.41, 5.74) is 1.07. The molecule has 0 spiro atoms. The normalized spacial score (nSPS) is 14.7. The molecule has 37 heavy (non-hydrogen) atoms. The van der Waals surface area contributed by atoms with Crippen molar-refractivity contribution >= 4 is 21.7 Å². The van der Waals surface area contributed by atoms with Gasteiger partial charge in [-0.3, -0.25) is 9.89 Å². The van der Waals surface area contributed by atoms with E-state index in [1.54, 1.807) is 12.1 Å². The number of nitrogens with zero attached hydrogens (tertiary/aromatic N) is 3. The maximum atomic E-state index is 14.4. The van der Waals surface area contributed by atoms with Crippen LogP contribution in [-0.2, 0) is 10.0 Å². The van der Waals surface area contributed by atoms with Gasteiger partial charge in [0.15, 0.2) is 5.03 Å². The topological polar surface area (TPSA) is 117 Å². The summed E-state index contributed by atoms with van der Waals surface area (Å²) in [4.78, 5) is 19.9. The molecule has 4 rings (SSSR count). The molecule has 0 bridgehead atoms. The van der Waals surface area contributed by atoms with E-state index in [-0.39, 0.29) is 16.5 Å². The van der Waals surface area contributed by atoms with Gasteiger partial charge >= 0.3 is 0 Å². The second kappa shape index (κ2) is 11.3. The van der Waals surface area contributed by atoms with Gasteiger partial charge in [-0.05, 0) is 55.0 Å². The van der Waals surface area contributed by atoms with Crippen molar-refractivity contribution in [1.29, 1.82) is 0 Å². The lowest BCUT2D eigenvalue weighted by Crippen LogP contribution is -2.37. The van der Waals surface area contributed by atoms with Crippen LogP contribution < -0.4 is 14.4 Å². The minimum absolute atomic E-state index is 0.120. The molecule has 1 aromatic carbocycles. The lowest BCUT2D eigenvalue weighted by atomic mass is 9.94. The fourth-order valence-electron chi connectivity index (χ4n) is 4.26. The van der Waals surface area contributed by atoms with Crippen LogP contribution in [0.25, 0.3) is 11.3 Å². The molecule has 0 atom stereocenters. The molecule has 2 N–H and O–H groups in total. The predicted molar refractivity (Wildman–Crippen MR) is 138 cm³/mol. The molecule has 3 aromatic rings. The molecule has 1 fully saturated rings. The maximum Gasteiger partial charge on any atom is 0.281 e. The number of piperidine rings is 1. The molecule has 198 valence electrons. The van der Waals surface area contributed by atoms with E-state index in [4.69, 9.17) is 9.72 Å². The number of aromatic amines is 1. The molecule has 11 heteroatoms. The van der Waals surface area contributed by atoms with Crippen molar-refractivity contribution in [3.8, 4) is 17.0 Å². The van der Waals surface area contributed by atoms with Gasteiger partial charge in [-0.1, -0.05) is 27.2 Å². The first-order valence-corrected chi connectivity index (χ1v) is 13.9. The summed E-state index contributed by atoms with van der Waals surface area (Å²) in [6, 6.07) is 8.77. The summed E-state index contributed by atoms with van der Waals surface area (Å²) < 4.78 is 47.5. The van der Waals surface area contributed by atoms with Crippen LogP contribution in [0.2, 0.25) is 0 Å². The van der Waals surface area contributed by atoms with Crippen molar-refractivity contribution in [2.24, 2.45) is 11.8 Å². The van der Waals surface area contributed by atoms with Gasteiger partial charge in [-0.2, -0.15) is 13.5 Å². The number of benzene rings is 1. The number of aromatic nitrogens is 3. The highest BCUT2D eigenvalue weighted by atomic mass is 32.2. The minimum atomic E-state index is -4.14. The van der Waals surface area contributed by atoms with E-state index in [1.807, 2.05) is 18.7 Å². The highest BCUT2D eigenvalue weighted by Crippen LogP contribution is 2.31. The third-order valence-corrected chi connectivity index (χ3v) is 7.61. The zero-order valence-corrected chi connectivity index (χ0v) is 22.0. The van der Waals surface area contributed by atoms with Crippen molar-refractivity contribution < 1.29 is 22.3 Å². The third-order valence-electron chi connectivity index (χ3n) is 6.35. The Morgan fingerprint density at radius 2 is 1.97 bits per heavy atom. The van der Waals surface area contributed by atoms with E-state index in [2.05, 4.69) is 21.8 Å². The highest BCUT2D eigenvalue weighted by Gasteiger charge is 2.27. The quantitative estimate of drug-likeness (QED) is 0.422. The van der Waals surface area contributed by atoms with E-state index in [1.165, 1.54) is 30.5 Å². The molecular weight excluding hydrogens is 497 g/mol. The Balaban J connectivity index is 1.70. The number of carbonyl (C=O) groups excluding carboxylic acids is 1. The van der Waals surface area contributed by atoms with E-state index in [0.717, 1.165) is 19.3 Å².